The first-order valence-electron chi connectivity index (χ1n) is 9.05. The molecule has 0 aliphatic carbocycles. The Kier molecular flexibility index (Phi) is 6.06. The zero-order chi connectivity index (χ0) is 19.9. The van der Waals surface area contributed by atoms with Crippen LogP contribution in [-0.2, 0) is 6.54 Å². The Labute approximate surface area is 163 Å². The van der Waals surface area contributed by atoms with Gasteiger partial charge in [-0.2, -0.15) is 5.10 Å². The lowest BCUT2D eigenvalue weighted by Gasteiger charge is -2.11. The van der Waals surface area contributed by atoms with Gasteiger partial charge in [-0.05, 0) is 61.9 Å². The van der Waals surface area contributed by atoms with E-state index in [4.69, 9.17) is 0 Å². The van der Waals surface area contributed by atoms with Crippen LogP contribution in [0.4, 0.5) is 16.2 Å². The number of carbonyl (C=O) groups is 2. The number of aromatic nitrogens is 2. The molecule has 0 saturated carbocycles. The summed E-state index contributed by atoms with van der Waals surface area (Å²) >= 11 is 0. The minimum atomic E-state index is -0.262. The van der Waals surface area contributed by atoms with Crippen LogP contribution in [0.25, 0.3) is 0 Å². The Morgan fingerprint density at radius 3 is 2.18 bits per heavy atom. The third kappa shape index (κ3) is 5.44. The van der Waals surface area contributed by atoms with Gasteiger partial charge in [0.2, 0.25) is 0 Å². The number of hydrogen-bond donors (Lipinski definition) is 3. The highest BCUT2D eigenvalue weighted by Gasteiger charge is 2.07. The number of hydrogen-bond acceptors (Lipinski definition) is 3. The van der Waals surface area contributed by atoms with Gasteiger partial charge in [0.1, 0.15) is 0 Å². The van der Waals surface area contributed by atoms with E-state index in [1.807, 2.05) is 42.9 Å². The van der Waals surface area contributed by atoms with Crippen LogP contribution in [0.3, 0.4) is 0 Å². The maximum Gasteiger partial charge on any atom is 0.319 e. The fourth-order valence-corrected chi connectivity index (χ4v) is 2.61. The average Bonchev–Trinajstić information content (AvgIpc) is 3.16. The van der Waals surface area contributed by atoms with Crippen molar-refractivity contribution in [2.75, 3.05) is 10.6 Å². The molecule has 3 aromatic rings. The predicted molar refractivity (Wildman–Crippen MR) is 109 cm³/mol. The predicted octanol–water partition coefficient (Wildman–Crippen LogP) is 3.71. The molecule has 2 aromatic carbocycles. The number of amides is 3. The minimum Gasteiger partial charge on any atom is -0.336 e. The van der Waals surface area contributed by atoms with E-state index in [0.29, 0.717) is 23.5 Å². The van der Waals surface area contributed by atoms with Crippen LogP contribution in [-0.4, -0.2) is 27.8 Å². The molecular formula is C21H23N5O2. The largest absolute Gasteiger partial charge is 0.336 e. The molecule has 0 aliphatic rings. The van der Waals surface area contributed by atoms with Gasteiger partial charge < -0.3 is 16.0 Å². The van der Waals surface area contributed by atoms with Gasteiger partial charge in [0.05, 0.1) is 6.54 Å². The highest BCUT2D eigenvalue weighted by atomic mass is 16.2. The number of anilines is 2. The molecule has 3 N–H and O–H groups in total. The normalized spacial score (nSPS) is 10.5. The number of rotatable bonds is 6. The Hall–Kier alpha value is -3.61. The summed E-state index contributed by atoms with van der Waals surface area (Å²) in [6, 6.07) is 16.1. The van der Waals surface area contributed by atoms with Gasteiger partial charge >= 0.3 is 6.03 Å². The molecule has 0 aliphatic heterocycles. The molecule has 28 heavy (non-hydrogen) atoms. The van der Waals surface area contributed by atoms with Gasteiger partial charge in [0.15, 0.2) is 0 Å². The van der Waals surface area contributed by atoms with Gasteiger partial charge in [0.25, 0.3) is 5.91 Å². The Morgan fingerprint density at radius 2 is 1.61 bits per heavy atom. The zero-order valence-corrected chi connectivity index (χ0v) is 15.8. The van der Waals surface area contributed by atoms with Gasteiger partial charge in [-0.1, -0.05) is 12.1 Å². The maximum atomic E-state index is 12.4. The summed E-state index contributed by atoms with van der Waals surface area (Å²) in [6.07, 6.45) is 3.63. The fourth-order valence-electron chi connectivity index (χ4n) is 2.61. The molecule has 0 bridgehead atoms. The first-order valence-corrected chi connectivity index (χ1v) is 9.05. The van der Waals surface area contributed by atoms with E-state index < -0.39 is 0 Å². The Balaban J connectivity index is 1.56. The molecule has 144 valence electrons. The van der Waals surface area contributed by atoms with Crippen LogP contribution < -0.4 is 16.0 Å². The zero-order valence-electron chi connectivity index (χ0n) is 15.8. The van der Waals surface area contributed by atoms with Crippen molar-refractivity contribution >= 4 is 23.3 Å². The molecule has 0 unspecified atom stereocenters. The number of nitrogens with one attached hydrogen (secondary N) is 3. The Bertz CT molecular complexity index is 916. The summed E-state index contributed by atoms with van der Waals surface area (Å²) in [5.74, 6) is -0.191. The van der Waals surface area contributed by atoms with Crippen molar-refractivity contribution in [2.24, 2.45) is 0 Å². The molecule has 0 saturated heterocycles. The number of urea groups is 1. The third-order valence-electron chi connectivity index (χ3n) is 3.94. The van der Waals surface area contributed by atoms with Crippen molar-refractivity contribution in [1.29, 1.82) is 0 Å². The molecular weight excluding hydrogens is 354 g/mol. The van der Waals surface area contributed by atoms with Crippen molar-refractivity contribution in [3.8, 4) is 0 Å². The van der Waals surface area contributed by atoms with E-state index in [9.17, 15) is 9.59 Å². The summed E-state index contributed by atoms with van der Waals surface area (Å²) in [5.41, 5.74) is 2.94. The van der Waals surface area contributed by atoms with Crippen molar-refractivity contribution in [3.05, 3.63) is 78.1 Å². The lowest BCUT2D eigenvalue weighted by molar-refractivity contribution is 0.102. The molecule has 0 spiro atoms. The molecule has 0 atom stereocenters. The van der Waals surface area contributed by atoms with Crippen molar-refractivity contribution in [1.82, 2.24) is 15.1 Å². The molecule has 1 aromatic heterocycles. The average molecular weight is 377 g/mol. The highest BCUT2D eigenvalue weighted by molar-refractivity contribution is 6.04. The van der Waals surface area contributed by atoms with Gasteiger partial charge in [0, 0.05) is 35.4 Å². The molecule has 0 fully saturated rings. The smallest absolute Gasteiger partial charge is 0.319 e. The monoisotopic (exact) mass is 377 g/mol. The standard InChI is InChI=1S/C21H23N5O2/c1-15(2)23-21(28)25-19-10-8-18(9-11-19)24-20(27)17-6-4-16(5-7-17)14-26-13-3-12-22-26/h3-13,15H,14H2,1-2H3,(H,24,27)(H2,23,25,28). The van der Waals surface area contributed by atoms with Gasteiger partial charge in [-0.3, -0.25) is 9.48 Å². The van der Waals surface area contributed by atoms with E-state index in [1.54, 1.807) is 42.6 Å². The molecule has 7 heteroatoms. The number of benzene rings is 2. The first kappa shape index (κ1) is 19.2. The molecule has 7 nitrogen and oxygen atoms in total. The van der Waals surface area contributed by atoms with E-state index >= 15 is 0 Å². The molecule has 3 rings (SSSR count). The van der Waals surface area contributed by atoms with Crippen molar-refractivity contribution < 1.29 is 9.59 Å². The number of nitrogens with zero attached hydrogens (tertiary/aromatic N) is 2. The van der Waals surface area contributed by atoms with Gasteiger partial charge in [-0.15, -0.1) is 0 Å². The second kappa shape index (κ2) is 8.85. The van der Waals surface area contributed by atoms with E-state index in [0.717, 1.165) is 5.56 Å². The lowest BCUT2D eigenvalue weighted by Crippen LogP contribution is -2.34. The SMILES string of the molecule is CC(C)NC(=O)Nc1ccc(NC(=O)c2ccc(Cn3cccn3)cc2)cc1. The second-order valence-electron chi connectivity index (χ2n) is 6.69. The van der Waals surface area contributed by atoms with E-state index in [2.05, 4.69) is 21.0 Å². The third-order valence-corrected chi connectivity index (χ3v) is 3.94. The highest BCUT2D eigenvalue weighted by Crippen LogP contribution is 2.15. The Morgan fingerprint density at radius 1 is 0.964 bits per heavy atom. The van der Waals surface area contributed by atoms with Crippen molar-refractivity contribution in [2.45, 2.75) is 26.4 Å². The summed E-state index contributed by atoms with van der Waals surface area (Å²) in [4.78, 5) is 24.1. The molecule has 1 heterocycles. The van der Waals surface area contributed by atoms with Crippen molar-refractivity contribution in [3.63, 3.8) is 0 Å². The summed E-state index contributed by atoms with van der Waals surface area (Å²) in [6.45, 7) is 4.44. The second-order valence-corrected chi connectivity index (χ2v) is 6.69. The van der Waals surface area contributed by atoms with Crippen LogP contribution in [0.1, 0.15) is 29.8 Å². The van der Waals surface area contributed by atoms with Crippen LogP contribution in [0, 0.1) is 0 Å². The molecule has 0 radical (unpaired) electrons. The number of carbonyl (C=O) groups excluding carboxylic acids is 2. The lowest BCUT2D eigenvalue weighted by atomic mass is 10.1. The summed E-state index contributed by atoms with van der Waals surface area (Å²) in [7, 11) is 0. The topological polar surface area (TPSA) is 88.0 Å². The first-order chi connectivity index (χ1) is 13.5. The fraction of sp³-hybridized carbons (Fsp3) is 0.190. The van der Waals surface area contributed by atoms with Gasteiger partial charge in [-0.25, -0.2) is 4.79 Å². The van der Waals surface area contributed by atoms with Crippen LogP contribution in [0.15, 0.2) is 67.0 Å². The van der Waals surface area contributed by atoms with Crippen LogP contribution in [0.5, 0.6) is 0 Å². The quantitative estimate of drug-likeness (QED) is 0.612. The minimum absolute atomic E-state index is 0.0597. The summed E-state index contributed by atoms with van der Waals surface area (Å²) < 4.78 is 1.83. The van der Waals surface area contributed by atoms with E-state index in [-0.39, 0.29) is 18.0 Å². The summed E-state index contributed by atoms with van der Waals surface area (Å²) in [5, 5.41) is 12.5. The maximum absolute atomic E-state index is 12.4. The van der Waals surface area contributed by atoms with Crippen LogP contribution >= 0.6 is 0 Å². The van der Waals surface area contributed by atoms with E-state index in [1.165, 1.54) is 0 Å². The molecule has 3 amide bonds. The van der Waals surface area contributed by atoms with Crippen LogP contribution in [0.2, 0.25) is 0 Å².